The van der Waals surface area contributed by atoms with Crippen molar-refractivity contribution in [3.05, 3.63) is 52.4 Å². The van der Waals surface area contributed by atoms with Crippen molar-refractivity contribution in [3.8, 4) is 0 Å². The number of benzene rings is 1. The Balaban J connectivity index is 0.00000261. The molecule has 0 radical (unpaired) electrons. The number of anilines is 1. The lowest BCUT2D eigenvalue weighted by Crippen LogP contribution is -2.44. The number of hydrogen-bond acceptors (Lipinski definition) is 4. The number of guanidine groups is 1. The summed E-state index contributed by atoms with van der Waals surface area (Å²) in [5.41, 5.74) is 6.41. The molecule has 0 spiro atoms. The summed E-state index contributed by atoms with van der Waals surface area (Å²) in [5.74, 6) is 0.915. The van der Waals surface area contributed by atoms with Crippen molar-refractivity contribution in [1.29, 1.82) is 0 Å². The van der Waals surface area contributed by atoms with Gasteiger partial charge in [0.25, 0.3) is 5.91 Å². The lowest BCUT2D eigenvalue weighted by molar-refractivity contribution is 0.0972. The van der Waals surface area contributed by atoms with Gasteiger partial charge < -0.3 is 25.7 Å². The van der Waals surface area contributed by atoms with Crippen molar-refractivity contribution in [2.24, 2.45) is 10.7 Å². The van der Waals surface area contributed by atoms with Crippen molar-refractivity contribution >= 4 is 57.5 Å². The number of carbonyl (C=O) groups excluding carboxylic acids is 1. The lowest BCUT2D eigenvalue weighted by atomic mass is 10.3. The van der Waals surface area contributed by atoms with Crippen molar-refractivity contribution in [3.63, 3.8) is 0 Å². The maximum atomic E-state index is 11.1. The van der Waals surface area contributed by atoms with E-state index in [0.717, 1.165) is 24.0 Å². The molecule has 1 aromatic heterocycles. The summed E-state index contributed by atoms with van der Waals surface area (Å²) in [4.78, 5) is 17.7. The van der Waals surface area contributed by atoms with Gasteiger partial charge in [-0.2, -0.15) is 0 Å². The Morgan fingerprint density at radius 3 is 2.70 bits per heavy atom. The van der Waals surface area contributed by atoms with E-state index < -0.39 is 5.91 Å². The molecule has 1 saturated heterocycles. The van der Waals surface area contributed by atoms with Crippen molar-refractivity contribution < 1.29 is 9.21 Å². The molecule has 1 aromatic carbocycles. The summed E-state index contributed by atoms with van der Waals surface area (Å²) < 4.78 is 6.44. The van der Waals surface area contributed by atoms with Crippen molar-refractivity contribution in [2.45, 2.75) is 19.0 Å². The number of hydrogen-bond donors (Lipinski definition) is 3. The van der Waals surface area contributed by atoms with Crippen LogP contribution >= 0.6 is 39.9 Å². The number of nitrogens with zero attached hydrogens (tertiary/aromatic N) is 2. The van der Waals surface area contributed by atoms with Crippen LogP contribution in [0.5, 0.6) is 0 Å². The molecule has 146 valence electrons. The molecule has 2 aromatic rings. The van der Waals surface area contributed by atoms with E-state index in [1.54, 1.807) is 19.2 Å². The fourth-order valence-corrected chi connectivity index (χ4v) is 3.19. The Hall–Kier alpha value is -1.75. The third-order valence-electron chi connectivity index (χ3n) is 4.28. The highest BCUT2D eigenvalue weighted by Crippen LogP contribution is 2.22. The van der Waals surface area contributed by atoms with E-state index in [9.17, 15) is 4.79 Å². The summed E-state index contributed by atoms with van der Waals surface area (Å²) in [6.45, 7) is 2.33. The number of furan rings is 1. The first-order valence-corrected chi connectivity index (χ1v) is 9.20. The van der Waals surface area contributed by atoms with Crippen LogP contribution < -0.4 is 21.3 Å². The fraction of sp³-hybridized carbons (Fsp3) is 0.333. The molecule has 27 heavy (non-hydrogen) atoms. The first-order valence-electron chi connectivity index (χ1n) is 8.41. The van der Waals surface area contributed by atoms with Gasteiger partial charge in [-0.1, -0.05) is 15.9 Å². The van der Waals surface area contributed by atoms with Gasteiger partial charge in [-0.15, -0.1) is 24.0 Å². The number of aliphatic imine (C=N–C) groups is 1. The van der Waals surface area contributed by atoms with Crippen LogP contribution in [0.25, 0.3) is 0 Å². The van der Waals surface area contributed by atoms with Crippen LogP contribution in [0.15, 0.2) is 50.3 Å². The second kappa shape index (κ2) is 9.98. The van der Waals surface area contributed by atoms with Gasteiger partial charge in [0, 0.05) is 36.3 Å². The smallest absolute Gasteiger partial charge is 0.284 e. The van der Waals surface area contributed by atoms with Gasteiger partial charge in [0.05, 0.1) is 6.54 Å². The first-order chi connectivity index (χ1) is 12.5. The molecule has 7 nitrogen and oxygen atoms in total. The Morgan fingerprint density at radius 1 is 1.33 bits per heavy atom. The third-order valence-corrected chi connectivity index (χ3v) is 4.81. The van der Waals surface area contributed by atoms with Crippen LogP contribution in [-0.2, 0) is 6.54 Å². The molecule has 1 fully saturated rings. The molecule has 1 amide bonds. The number of amides is 1. The molecule has 1 aliphatic heterocycles. The molecule has 1 aliphatic rings. The summed E-state index contributed by atoms with van der Waals surface area (Å²) >= 11 is 3.47. The van der Waals surface area contributed by atoms with E-state index in [2.05, 4.69) is 60.7 Å². The van der Waals surface area contributed by atoms with Crippen LogP contribution in [-0.4, -0.2) is 38.0 Å². The van der Waals surface area contributed by atoms with Crippen LogP contribution in [0, 0.1) is 0 Å². The van der Waals surface area contributed by atoms with Gasteiger partial charge in [0.1, 0.15) is 5.76 Å². The Labute approximate surface area is 183 Å². The van der Waals surface area contributed by atoms with Gasteiger partial charge in [0.15, 0.2) is 11.7 Å². The zero-order valence-corrected chi connectivity index (χ0v) is 18.9. The maximum absolute atomic E-state index is 11.1. The van der Waals surface area contributed by atoms with Crippen LogP contribution in [0.2, 0.25) is 0 Å². The van der Waals surface area contributed by atoms with Gasteiger partial charge >= 0.3 is 0 Å². The monoisotopic (exact) mass is 547 g/mol. The molecule has 1 unspecified atom stereocenters. The largest absolute Gasteiger partial charge is 0.454 e. The van der Waals surface area contributed by atoms with Gasteiger partial charge in [-0.25, -0.2) is 0 Å². The number of primary amides is 1. The Morgan fingerprint density at radius 2 is 2.07 bits per heavy atom. The van der Waals surface area contributed by atoms with Gasteiger partial charge in [-0.05, 0) is 42.8 Å². The number of halogens is 2. The van der Waals surface area contributed by atoms with Gasteiger partial charge in [-0.3, -0.25) is 9.79 Å². The second-order valence-corrected chi connectivity index (χ2v) is 7.02. The predicted molar refractivity (Wildman–Crippen MR) is 121 cm³/mol. The molecule has 0 bridgehead atoms. The molecule has 2 heterocycles. The van der Waals surface area contributed by atoms with Crippen molar-refractivity contribution in [1.82, 2.24) is 10.6 Å². The number of nitrogens with two attached hydrogens (primary N) is 1. The predicted octanol–water partition coefficient (Wildman–Crippen LogP) is 2.70. The summed E-state index contributed by atoms with van der Waals surface area (Å²) in [5, 5.41) is 6.63. The molecule has 9 heteroatoms. The molecular weight excluding hydrogens is 525 g/mol. The maximum Gasteiger partial charge on any atom is 0.284 e. The Kier molecular flexibility index (Phi) is 7.96. The van der Waals surface area contributed by atoms with Crippen LogP contribution in [0.3, 0.4) is 0 Å². The number of carbonyl (C=O) groups is 1. The number of rotatable bonds is 5. The number of nitrogens with one attached hydrogen (secondary N) is 2. The first kappa shape index (κ1) is 21.5. The van der Waals surface area contributed by atoms with Gasteiger partial charge in [0.2, 0.25) is 0 Å². The molecule has 3 rings (SSSR count). The topological polar surface area (TPSA) is 95.9 Å². The zero-order valence-electron chi connectivity index (χ0n) is 14.9. The van der Waals surface area contributed by atoms with E-state index in [1.165, 1.54) is 5.69 Å². The highest BCUT2D eigenvalue weighted by Gasteiger charge is 2.23. The standard InChI is InChI=1S/C18H22BrN5O2.HI/c1-21-18(22-10-15-6-7-16(26-15)17(20)25)23-13-8-9-24(11-13)14-4-2-12(19)3-5-14;/h2-7,13H,8-11H2,1H3,(H2,20,25)(H2,21,22,23);1H. The summed E-state index contributed by atoms with van der Waals surface area (Å²) in [6.07, 6.45) is 1.03. The minimum absolute atomic E-state index is 0. The minimum Gasteiger partial charge on any atom is -0.454 e. The highest BCUT2D eigenvalue weighted by molar-refractivity contribution is 14.0. The molecule has 0 aliphatic carbocycles. The van der Waals surface area contributed by atoms with E-state index in [-0.39, 0.29) is 29.7 Å². The molecular formula is C18H23BrIN5O2. The average Bonchev–Trinajstić information content (AvgIpc) is 3.29. The fourth-order valence-electron chi connectivity index (χ4n) is 2.93. The normalized spacial score (nSPS) is 16.7. The third kappa shape index (κ3) is 5.86. The minimum atomic E-state index is -0.572. The lowest BCUT2D eigenvalue weighted by Gasteiger charge is -2.20. The van der Waals surface area contributed by atoms with E-state index in [1.807, 2.05) is 0 Å². The molecule has 0 saturated carbocycles. The molecule has 1 atom stereocenters. The molecule has 4 N–H and O–H groups in total. The second-order valence-electron chi connectivity index (χ2n) is 6.11. The van der Waals surface area contributed by atoms with Crippen LogP contribution in [0.4, 0.5) is 5.69 Å². The quantitative estimate of drug-likeness (QED) is 0.304. The van der Waals surface area contributed by atoms with E-state index in [0.29, 0.717) is 24.3 Å². The SMILES string of the molecule is CN=C(NCc1ccc(C(N)=O)o1)NC1CCN(c2ccc(Br)cc2)C1.I. The Bertz CT molecular complexity index is 793. The average molecular weight is 548 g/mol. The zero-order chi connectivity index (χ0) is 18.5. The summed E-state index contributed by atoms with van der Waals surface area (Å²) in [6, 6.07) is 12.0. The highest BCUT2D eigenvalue weighted by atomic mass is 127. The van der Waals surface area contributed by atoms with Crippen LogP contribution in [0.1, 0.15) is 22.7 Å². The van der Waals surface area contributed by atoms with E-state index in [4.69, 9.17) is 10.2 Å². The summed E-state index contributed by atoms with van der Waals surface area (Å²) in [7, 11) is 1.73. The van der Waals surface area contributed by atoms with Crippen molar-refractivity contribution in [2.75, 3.05) is 25.0 Å². The van der Waals surface area contributed by atoms with E-state index >= 15 is 0 Å².